The monoisotopic (exact) mass is 496 g/mol. The van der Waals surface area contributed by atoms with Crippen molar-refractivity contribution in [3.63, 3.8) is 0 Å². The second-order valence-electron chi connectivity index (χ2n) is 6.41. The molecule has 0 spiro atoms. The molecule has 0 bridgehead atoms. The molecule has 0 N–H and O–H groups in total. The molecule has 0 atom stereocenters. The predicted octanol–water partition coefficient (Wildman–Crippen LogP) is 4.01. The fourth-order valence-corrected chi connectivity index (χ4v) is 5.34. The number of thiophene rings is 1. The lowest BCUT2D eigenvalue weighted by Crippen LogP contribution is -2.43. The molecule has 1 amide bonds. The Labute approximate surface area is 183 Å². The highest BCUT2D eigenvalue weighted by Crippen LogP contribution is 2.33. The van der Waals surface area contributed by atoms with Gasteiger partial charge in [-0.25, -0.2) is 4.98 Å². The highest BCUT2D eigenvalue weighted by molar-refractivity contribution is 9.10. The lowest BCUT2D eigenvalue weighted by molar-refractivity contribution is -0.380. The molecule has 1 aliphatic rings. The molecule has 0 saturated carbocycles. The third kappa shape index (κ3) is 4.64. The maximum atomic E-state index is 13.2. The zero-order valence-corrected chi connectivity index (χ0v) is 18.5. The Balaban J connectivity index is 1.62. The van der Waals surface area contributed by atoms with Crippen molar-refractivity contribution in [1.82, 2.24) is 9.88 Å². The summed E-state index contributed by atoms with van der Waals surface area (Å²) in [7, 11) is 0. The summed E-state index contributed by atoms with van der Waals surface area (Å²) in [5, 5.41) is 11.6. The number of benzene rings is 1. The van der Waals surface area contributed by atoms with Gasteiger partial charge in [0.1, 0.15) is 0 Å². The highest BCUT2D eigenvalue weighted by atomic mass is 79.9. The van der Waals surface area contributed by atoms with E-state index in [4.69, 9.17) is 4.74 Å². The van der Waals surface area contributed by atoms with E-state index in [2.05, 4.69) is 25.8 Å². The van der Waals surface area contributed by atoms with E-state index in [1.54, 1.807) is 4.90 Å². The number of carbonyl (C=O) groups is 1. The first-order valence-electron chi connectivity index (χ1n) is 8.93. The van der Waals surface area contributed by atoms with Crippen molar-refractivity contribution in [3.05, 3.63) is 49.8 Å². The van der Waals surface area contributed by atoms with E-state index in [1.807, 2.05) is 18.2 Å². The number of nitro groups is 1. The van der Waals surface area contributed by atoms with Gasteiger partial charge < -0.3 is 4.74 Å². The number of morpholine rings is 1. The fourth-order valence-electron chi connectivity index (χ4n) is 3.03. The fraction of sp³-hybridized carbons (Fsp3) is 0.333. The van der Waals surface area contributed by atoms with Crippen LogP contribution in [0.4, 0.5) is 10.1 Å². The summed E-state index contributed by atoms with van der Waals surface area (Å²) >= 11 is 5.78. The minimum Gasteiger partial charge on any atom is -0.379 e. The number of aromatic nitrogens is 1. The smallest absolute Gasteiger partial charge is 0.324 e. The minimum absolute atomic E-state index is 0.0466. The molecule has 3 aromatic rings. The van der Waals surface area contributed by atoms with Crippen molar-refractivity contribution >= 4 is 64.9 Å². The van der Waals surface area contributed by atoms with E-state index >= 15 is 0 Å². The van der Waals surface area contributed by atoms with Crippen LogP contribution in [0.25, 0.3) is 10.2 Å². The first-order valence-corrected chi connectivity index (χ1v) is 11.4. The topological polar surface area (TPSA) is 88.8 Å². The molecule has 11 heteroatoms. The van der Waals surface area contributed by atoms with Gasteiger partial charge in [-0.3, -0.25) is 24.7 Å². The number of halogens is 1. The second kappa shape index (κ2) is 8.84. The highest BCUT2D eigenvalue weighted by Gasteiger charge is 2.25. The van der Waals surface area contributed by atoms with Crippen LogP contribution in [0.3, 0.4) is 0 Å². The van der Waals surface area contributed by atoms with Gasteiger partial charge in [0.05, 0.1) is 33.2 Å². The van der Waals surface area contributed by atoms with Crippen LogP contribution in [-0.2, 0) is 4.74 Å². The summed E-state index contributed by atoms with van der Waals surface area (Å²) in [6, 6.07) is 8.66. The number of amides is 1. The van der Waals surface area contributed by atoms with Crippen LogP contribution in [0.5, 0.6) is 0 Å². The van der Waals surface area contributed by atoms with Gasteiger partial charge in [0.25, 0.3) is 5.91 Å². The quantitative estimate of drug-likeness (QED) is 0.378. The molecule has 29 heavy (non-hydrogen) atoms. The van der Waals surface area contributed by atoms with Gasteiger partial charge >= 0.3 is 5.00 Å². The van der Waals surface area contributed by atoms with Crippen LogP contribution in [0.2, 0.25) is 0 Å². The van der Waals surface area contributed by atoms with Crippen LogP contribution in [0.15, 0.2) is 34.8 Å². The van der Waals surface area contributed by atoms with Crippen LogP contribution in [-0.4, -0.2) is 60.1 Å². The van der Waals surface area contributed by atoms with Crippen molar-refractivity contribution in [2.24, 2.45) is 0 Å². The molecule has 0 radical (unpaired) electrons. The number of fused-ring (bicyclic) bond motifs is 1. The SMILES string of the molecule is O=C(c1ccc([N+](=O)[O-])s1)N(CCN1CCOCC1)c1nc2ccc(Br)cc2s1. The molecule has 3 heterocycles. The van der Waals surface area contributed by atoms with E-state index in [0.29, 0.717) is 36.3 Å². The Morgan fingerprint density at radius 2 is 2.07 bits per heavy atom. The number of hydrogen-bond donors (Lipinski definition) is 0. The van der Waals surface area contributed by atoms with Crippen LogP contribution < -0.4 is 4.90 Å². The summed E-state index contributed by atoms with van der Waals surface area (Å²) in [4.78, 5) is 32.6. The van der Waals surface area contributed by atoms with Gasteiger partial charge in [-0.05, 0) is 24.3 Å². The molecular weight excluding hydrogens is 480 g/mol. The lowest BCUT2D eigenvalue weighted by atomic mass is 10.3. The first kappa shape index (κ1) is 20.4. The van der Waals surface area contributed by atoms with Crippen molar-refractivity contribution < 1.29 is 14.5 Å². The molecular formula is C18H17BrN4O4S2. The Hall–Kier alpha value is -1.92. The molecule has 1 aromatic carbocycles. The number of anilines is 1. The van der Waals surface area contributed by atoms with E-state index < -0.39 is 4.92 Å². The average Bonchev–Trinajstić information content (AvgIpc) is 3.36. The lowest BCUT2D eigenvalue weighted by Gasteiger charge is -2.29. The largest absolute Gasteiger partial charge is 0.379 e. The van der Waals surface area contributed by atoms with Gasteiger partial charge in [0.15, 0.2) is 5.13 Å². The van der Waals surface area contributed by atoms with Gasteiger partial charge in [-0.1, -0.05) is 38.6 Å². The molecule has 4 rings (SSSR count). The third-order valence-corrected chi connectivity index (χ3v) is 7.10. The summed E-state index contributed by atoms with van der Waals surface area (Å²) in [5.74, 6) is -0.269. The van der Waals surface area contributed by atoms with Crippen molar-refractivity contribution in [2.45, 2.75) is 0 Å². The van der Waals surface area contributed by atoms with Crippen molar-refractivity contribution in [3.8, 4) is 0 Å². The molecule has 8 nitrogen and oxygen atoms in total. The van der Waals surface area contributed by atoms with Crippen LogP contribution in [0, 0.1) is 10.1 Å². The van der Waals surface area contributed by atoms with Gasteiger partial charge in [-0.2, -0.15) is 0 Å². The molecule has 0 aliphatic carbocycles. The summed E-state index contributed by atoms with van der Waals surface area (Å²) in [5.41, 5.74) is 0.814. The Morgan fingerprint density at radius 3 is 2.79 bits per heavy atom. The summed E-state index contributed by atoms with van der Waals surface area (Å²) < 4.78 is 7.30. The van der Waals surface area contributed by atoms with Crippen molar-refractivity contribution in [2.75, 3.05) is 44.3 Å². The Morgan fingerprint density at radius 1 is 1.28 bits per heavy atom. The van der Waals surface area contributed by atoms with Crippen molar-refractivity contribution in [1.29, 1.82) is 0 Å². The molecule has 1 aliphatic heterocycles. The second-order valence-corrected chi connectivity index (χ2v) is 9.40. The van der Waals surface area contributed by atoms with E-state index in [0.717, 1.165) is 39.1 Å². The zero-order chi connectivity index (χ0) is 20.4. The molecule has 0 unspecified atom stereocenters. The van der Waals surface area contributed by atoms with E-state index in [1.165, 1.54) is 23.5 Å². The number of rotatable bonds is 6. The number of ether oxygens (including phenoxy) is 1. The van der Waals surface area contributed by atoms with Crippen LogP contribution in [0.1, 0.15) is 9.67 Å². The summed E-state index contributed by atoms with van der Waals surface area (Å²) in [6.07, 6.45) is 0. The standard InChI is InChI=1S/C18H17BrN4O4S2/c19-12-1-2-13-15(11-12)29-18(20-13)22(6-5-21-7-9-27-10-8-21)17(24)14-3-4-16(28-14)23(25)26/h1-4,11H,5-10H2. The summed E-state index contributed by atoms with van der Waals surface area (Å²) in [6.45, 7) is 4.13. The average molecular weight is 497 g/mol. The Kier molecular flexibility index (Phi) is 6.20. The predicted molar refractivity (Wildman–Crippen MR) is 117 cm³/mol. The molecule has 1 saturated heterocycles. The third-order valence-electron chi connectivity index (χ3n) is 4.54. The zero-order valence-electron chi connectivity index (χ0n) is 15.2. The van der Waals surface area contributed by atoms with E-state index in [9.17, 15) is 14.9 Å². The maximum absolute atomic E-state index is 13.2. The maximum Gasteiger partial charge on any atom is 0.324 e. The number of nitrogens with zero attached hydrogens (tertiary/aromatic N) is 4. The van der Waals surface area contributed by atoms with Gasteiger partial charge in [-0.15, -0.1) is 0 Å². The number of hydrogen-bond acceptors (Lipinski definition) is 8. The first-order chi connectivity index (χ1) is 14.0. The van der Waals surface area contributed by atoms with E-state index in [-0.39, 0.29) is 10.9 Å². The number of thiazole rings is 1. The van der Waals surface area contributed by atoms with Gasteiger partial charge in [0.2, 0.25) is 0 Å². The normalized spacial score (nSPS) is 14.9. The number of carbonyl (C=O) groups excluding carboxylic acids is 1. The minimum atomic E-state index is -0.477. The van der Waals surface area contributed by atoms with Crippen LogP contribution >= 0.6 is 38.6 Å². The molecule has 152 valence electrons. The molecule has 1 fully saturated rings. The van der Waals surface area contributed by atoms with Gasteiger partial charge in [0, 0.05) is 36.7 Å². The Bertz CT molecular complexity index is 1050. The molecule has 2 aromatic heterocycles.